The van der Waals surface area contributed by atoms with Gasteiger partial charge in [0.2, 0.25) is 4.77 Å². The van der Waals surface area contributed by atoms with E-state index in [2.05, 4.69) is 26.1 Å². The fourth-order valence-corrected chi connectivity index (χ4v) is 1.65. The summed E-state index contributed by atoms with van der Waals surface area (Å²) in [5, 5.41) is 6.49. The number of nitrogens with two attached hydrogens (primary N) is 1. The van der Waals surface area contributed by atoms with Crippen molar-refractivity contribution in [1.29, 1.82) is 0 Å². The van der Waals surface area contributed by atoms with Crippen LogP contribution in [0.25, 0.3) is 11.4 Å². The Kier molecular flexibility index (Phi) is 2.57. The zero-order valence-corrected chi connectivity index (χ0v) is 9.77. The van der Waals surface area contributed by atoms with E-state index in [1.54, 1.807) is 12.1 Å². The molecule has 3 N–H and O–H groups in total. The molecule has 1 aromatic heterocycles. The molecule has 4 nitrogen and oxygen atoms in total. The second-order valence-electron chi connectivity index (χ2n) is 2.85. The predicted molar refractivity (Wildman–Crippen MR) is 60.7 cm³/mol. The molecule has 0 atom stereocenters. The van der Waals surface area contributed by atoms with Crippen LogP contribution in [0.4, 0.5) is 4.39 Å². The van der Waals surface area contributed by atoms with Gasteiger partial charge in [-0.3, -0.25) is 0 Å². The molecular formula is C8H6BrFN4S. The smallest absolute Gasteiger partial charge is 0.214 e. The SMILES string of the molecule is Nn1c(-c2ccc(F)c(Br)c2)n[nH]c1=S. The van der Waals surface area contributed by atoms with Crippen LogP contribution in [0, 0.1) is 10.6 Å². The summed E-state index contributed by atoms with van der Waals surface area (Å²) in [5.74, 6) is 5.75. The second-order valence-corrected chi connectivity index (χ2v) is 4.09. The number of benzene rings is 1. The lowest BCUT2D eigenvalue weighted by molar-refractivity contribution is 0.621. The molecule has 0 radical (unpaired) electrons. The highest BCUT2D eigenvalue weighted by atomic mass is 79.9. The van der Waals surface area contributed by atoms with Gasteiger partial charge in [-0.05, 0) is 46.3 Å². The third kappa shape index (κ3) is 1.80. The van der Waals surface area contributed by atoms with Crippen LogP contribution in [-0.4, -0.2) is 14.9 Å². The Hall–Kier alpha value is -1.21. The van der Waals surface area contributed by atoms with E-state index in [0.29, 0.717) is 20.6 Å². The summed E-state index contributed by atoms with van der Waals surface area (Å²) in [6.07, 6.45) is 0. The fraction of sp³-hybridized carbons (Fsp3) is 0. The van der Waals surface area contributed by atoms with Gasteiger partial charge in [0.05, 0.1) is 4.47 Å². The number of nitrogens with one attached hydrogen (secondary N) is 1. The number of nitrogen functional groups attached to an aromatic ring is 1. The van der Waals surface area contributed by atoms with Crippen molar-refractivity contribution in [3.63, 3.8) is 0 Å². The van der Waals surface area contributed by atoms with Crippen LogP contribution >= 0.6 is 28.1 Å². The van der Waals surface area contributed by atoms with Crippen molar-refractivity contribution in [3.8, 4) is 11.4 Å². The number of H-pyrrole nitrogens is 1. The minimum Gasteiger partial charge on any atom is -0.335 e. The van der Waals surface area contributed by atoms with E-state index in [1.807, 2.05) is 0 Å². The summed E-state index contributed by atoms with van der Waals surface area (Å²) < 4.78 is 14.9. The summed E-state index contributed by atoms with van der Waals surface area (Å²) in [6.45, 7) is 0. The maximum absolute atomic E-state index is 13.0. The van der Waals surface area contributed by atoms with Crippen LogP contribution in [0.2, 0.25) is 0 Å². The van der Waals surface area contributed by atoms with E-state index in [9.17, 15) is 4.39 Å². The minimum atomic E-state index is -0.337. The van der Waals surface area contributed by atoms with Crippen LogP contribution in [0.3, 0.4) is 0 Å². The molecule has 0 aliphatic heterocycles. The van der Waals surface area contributed by atoms with Gasteiger partial charge in [0.25, 0.3) is 0 Å². The third-order valence-electron chi connectivity index (χ3n) is 1.88. The largest absolute Gasteiger partial charge is 0.335 e. The molecule has 2 rings (SSSR count). The zero-order chi connectivity index (χ0) is 11.0. The monoisotopic (exact) mass is 288 g/mol. The lowest BCUT2D eigenvalue weighted by Gasteiger charge is -2.01. The van der Waals surface area contributed by atoms with Crippen LogP contribution in [0.5, 0.6) is 0 Å². The number of aromatic amines is 1. The van der Waals surface area contributed by atoms with Gasteiger partial charge in [0.15, 0.2) is 5.82 Å². The normalized spacial score (nSPS) is 10.5. The van der Waals surface area contributed by atoms with Crippen molar-refractivity contribution >= 4 is 28.1 Å². The molecule has 0 unspecified atom stereocenters. The van der Waals surface area contributed by atoms with Crippen LogP contribution in [-0.2, 0) is 0 Å². The molecule has 0 spiro atoms. The zero-order valence-electron chi connectivity index (χ0n) is 7.37. The summed E-state index contributed by atoms with van der Waals surface area (Å²) in [6, 6.07) is 4.50. The predicted octanol–water partition coefficient (Wildman–Crippen LogP) is 2.22. The fourth-order valence-electron chi connectivity index (χ4n) is 1.14. The summed E-state index contributed by atoms with van der Waals surface area (Å²) in [7, 11) is 0. The number of hydrogen-bond acceptors (Lipinski definition) is 3. The molecule has 78 valence electrons. The van der Waals surface area contributed by atoms with E-state index < -0.39 is 0 Å². The molecule has 0 aliphatic carbocycles. The Morgan fingerprint density at radius 1 is 1.53 bits per heavy atom. The van der Waals surface area contributed by atoms with Gasteiger partial charge in [-0.25, -0.2) is 14.2 Å². The molecule has 1 heterocycles. The van der Waals surface area contributed by atoms with Crippen molar-refractivity contribution < 1.29 is 4.39 Å². The van der Waals surface area contributed by atoms with Gasteiger partial charge in [-0.2, -0.15) is 5.10 Å². The van der Waals surface area contributed by atoms with Crippen molar-refractivity contribution in [2.24, 2.45) is 0 Å². The highest BCUT2D eigenvalue weighted by Gasteiger charge is 2.08. The highest BCUT2D eigenvalue weighted by molar-refractivity contribution is 9.10. The molecule has 0 fully saturated rings. The number of hydrogen-bond donors (Lipinski definition) is 2. The summed E-state index contributed by atoms with van der Waals surface area (Å²) >= 11 is 7.95. The van der Waals surface area contributed by atoms with Crippen molar-refractivity contribution in [3.05, 3.63) is 33.3 Å². The van der Waals surface area contributed by atoms with Crippen molar-refractivity contribution in [2.45, 2.75) is 0 Å². The number of halogens is 2. The number of aromatic nitrogens is 3. The first-order chi connectivity index (χ1) is 7.09. The average Bonchev–Trinajstić information content (AvgIpc) is 2.53. The first-order valence-electron chi connectivity index (χ1n) is 3.97. The van der Waals surface area contributed by atoms with Gasteiger partial charge in [0, 0.05) is 5.56 Å². The third-order valence-corrected chi connectivity index (χ3v) is 2.78. The Morgan fingerprint density at radius 3 is 2.80 bits per heavy atom. The molecule has 2 aromatic rings. The van der Waals surface area contributed by atoms with Crippen molar-refractivity contribution in [2.75, 3.05) is 5.84 Å². The van der Waals surface area contributed by atoms with E-state index >= 15 is 0 Å². The Labute approximate surface area is 98.0 Å². The van der Waals surface area contributed by atoms with Gasteiger partial charge in [0.1, 0.15) is 5.82 Å². The van der Waals surface area contributed by atoms with E-state index in [4.69, 9.17) is 18.1 Å². The first kappa shape index (κ1) is 10.3. The van der Waals surface area contributed by atoms with Gasteiger partial charge in [-0.15, -0.1) is 0 Å². The molecule has 0 saturated heterocycles. The Bertz CT molecular complexity index is 562. The standard InChI is InChI=1S/C8H6BrFN4S/c9-5-3-4(1-2-6(5)10)7-12-13-8(15)14(7)11/h1-3H,11H2,(H,13,15). The summed E-state index contributed by atoms with van der Waals surface area (Å²) in [5.41, 5.74) is 0.679. The van der Waals surface area contributed by atoms with Gasteiger partial charge in [-0.1, -0.05) is 0 Å². The Morgan fingerprint density at radius 2 is 2.27 bits per heavy atom. The second kappa shape index (κ2) is 3.74. The maximum Gasteiger partial charge on any atom is 0.214 e. The molecule has 0 amide bonds. The van der Waals surface area contributed by atoms with E-state index in [-0.39, 0.29) is 5.82 Å². The molecule has 7 heteroatoms. The first-order valence-corrected chi connectivity index (χ1v) is 5.17. The van der Waals surface area contributed by atoms with Crippen LogP contribution < -0.4 is 5.84 Å². The topological polar surface area (TPSA) is 59.6 Å². The average molecular weight is 289 g/mol. The molecule has 1 aromatic carbocycles. The molecular weight excluding hydrogens is 283 g/mol. The highest BCUT2D eigenvalue weighted by Crippen LogP contribution is 2.22. The Balaban J connectivity index is 2.59. The summed E-state index contributed by atoms with van der Waals surface area (Å²) in [4.78, 5) is 0. The lowest BCUT2D eigenvalue weighted by Crippen LogP contribution is -2.09. The van der Waals surface area contributed by atoms with Crippen molar-refractivity contribution in [1.82, 2.24) is 14.9 Å². The van der Waals surface area contributed by atoms with Crippen LogP contribution in [0.1, 0.15) is 0 Å². The van der Waals surface area contributed by atoms with E-state index in [0.717, 1.165) is 0 Å². The molecule has 0 saturated carbocycles. The van der Waals surface area contributed by atoms with Gasteiger partial charge < -0.3 is 5.84 Å². The molecule has 15 heavy (non-hydrogen) atoms. The van der Waals surface area contributed by atoms with Gasteiger partial charge >= 0.3 is 0 Å². The maximum atomic E-state index is 13.0. The molecule has 0 bridgehead atoms. The number of nitrogens with zero attached hydrogens (tertiary/aromatic N) is 2. The quantitative estimate of drug-likeness (QED) is 0.625. The van der Waals surface area contributed by atoms with Crippen LogP contribution in [0.15, 0.2) is 22.7 Å². The minimum absolute atomic E-state index is 0.311. The lowest BCUT2D eigenvalue weighted by atomic mass is 10.2. The van der Waals surface area contributed by atoms with E-state index in [1.165, 1.54) is 10.7 Å². The number of rotatable bonds is 1. The molecule has 0 aliphatic rings.